The molecule has 37 heavy (non-hydrogen) atoms. The summed E-state index contributed by atoms with van der Waals surface area (Å²) >= 11 is 0. The Balaban J connectivity index is 1.95. The van der Waals surface area contributed by atoms with Crippen LogP contribution in [0.2, 0.25) is 0 Å². The molecule has 4 aromatic rings. The first-order chi connectivity index (χ1) is 17.5. The largest absolute Gasteiger partial charge is 0.573 e. The zero-order valence-corrected chi connectivity index (χ0v) is 19.5. The van der Waals surface area contributed by atoms with Crippen molar-refractivity contribution in [2.75, 3.05) is 5.32 Å². The molecule has 192 valence electrons. The SMILES string of the molecule is CCc1nn(-c2ncccc2C)c(Nc2ccc(OC(F)(F)F)cc2C(=O)O)c1-c1ccc(O)c(O)c1. The number of anilines is 2. The maximum absolute atomic E-state index is 12.7. The number of halogens is 3. The van der Waals surface area contributed by atoms with Gasteiger partial charge in [-0.1, -0.05) is 19.1 Å². The second kappa shape index (κ2) is 9.72. The van der Waals surface area contributed by atoms with Gasteiger partial charge < -0.3 is 25.4 Å². The molecule has 2 aromatic heterocycles. The standard InChI is InChI=1S/C25H21F3N4O5/c1-3-17-21(14-6-9-19(33)20(34)11-14)23(32(31-17)22-13(2)5-4-10-29-22)30-18-8-7-15(37-25(26,27)28)12-16(18)24(35)36/h4-12,30,33-34H,3H2,1-2H3,(H,35,36). The quantitative estimate of drug-likeness (QED) is 0.236. The van der Waals surface area contributed by atoms with Crippen molar-refractivity contribution >= 4 is 17.5 Å². The third-order valence-corrected chi connectivity index (χ3v) is 5.45. The average Bonchev–Trinajstić information content (AvgIpc) is 3.19. The van der Waals surface area contributed by atoms with Crippen LogP contribution in [0.4, 0.5) is 24.7 Å². The molecule has 12 heteroatoms. The van der Waals surface area contributed by atoms with Crippen LogP contribution in [0.3, 0.4) is 0 Å². The number of phenols is 2. The Hall–Kier alpha value is -4.74. The predicted molar refractivity (Wildman–Crippen MR) is 128 cm³/mol. The van der Waals surface area contributed by atoms with Crippen molar-refractivity contribution < 1.29 is 38.0 Å². The molecule has 0 bridgehead atoms. The van der Waals surface area contributed by atoms with Crippen molar-refractivity contribution in [1.29, 1.82) is 0 Å². The van der Waals surface area contributed by atoms with Gasteiger partial charge >= 0.3 is 12.3 Å². The summed E-state index contributed by atoms with van der Waals surface area (Å²) in [6, 6.07) is 10.6. The van der Waals surface area contributed by atoms with E-state index in [1.165, 1.54) is 16.8 Å². The van der Waals surface area contributed by atoms with Crippen LogP contribution in [0.15, 0.2) is 54.7 Å². The second-order valence-electron chi connectivity index (χ2n) is 7.97. The molecule has 0 aliphatic rings. The summed E-state index contributed by atoms with van der Waals surface area (Å²) in [4.78, 5) is 16.4. The number of alkyl halides is 3. The van der Waals surface area contributed by atoms with Crippen LogP contribution >= 0.6 is 0 Å². The number of aromatic nitrogens is 3. The van der Waals surface area contributed by atoms with E-state index in [1.54, 1.807) is 31.3 Å². The number of aryl methyl sites for hydroxylation is 2. The Morgan fingerprint density at radius 2 is 1.86 bits per heavy atom. The second-order valence-corrected chi connectivity index (χ2v) is 7.97. The lowest BCUT2D eigenvalue weighted by atomic mass is 10.0. The first-order valence-electron chi connectivity index (χ1n) is 10.9. The summed E-state index contributed by atoms with van der Waals surface area (Å²) in [6.07, 6.45) is -3.02. The first-order valence-corrected chi connectivity index (χ1v) is 10.9. The Bertz CT molecular complexity index is 1480. The minimum atomic E-state index is -5.00. The van der Waals surface area contributed by atoms with Gasteiger partial charge in [0.2, 0.25) is 0 Å². The Morgan fingerprint density at radius 3 is 2.49 bits per heavy atom. The summed E-state index contributed by atoms with van der Waals surface area (Å²) < 4.78 is 43.4. The van der Waals surface area contributed by atoms with Gasteiger partial charge in [-0.3, -0.25) is 0 Å². The normalized spacial score (nSPS) is 11.4. The maximum atomic E-state index is 12.7. The highest BCUT2D eigenvalue weighted by Crippen LogP contribution is 2.40. The van der Waals surface area contributed by atoms with Crippen LogP contribution in [0.5, 0.6) is 17.2 Å². The van der Waals surface area contributed by atoms with E-state index in [0.717, 1.165) is 23.8 Å². The van der Waals surface area contributed by atoms with Crippen LogP contribution in [-0.4, -0.2) is 42.4 Å². The lowest BCUT2D eigenvalue weighted by Crippen LogP contribution is -2.17. The molecular weight excluding hydrogens is 493 g/mol. The van der Waals surface area contributed by atoms with Crippen molar-refractivity contribution in [1.82, 2.24) is 14.8 Å². The fraction of sp³-hybridized carbons (Fsp3) is 0.160. The lowest BCUT2D eigenvalue weighted by Gasteiger charge is -2.16. The number of ether oxygens (including phenoxy) is 1. The molecule has 4 N–H and O–H groups in total. The van der Waals surface area contributed by atoms with E-state index in [4.69, 9.17) is 0 Å². The molecule has 0 atom stereocenters. The molecule has 0 amide bonds. The molecule has 0 aliphatic heterocycles. The van der Waals surface area contributed by atoms with E-state index in [2.05, 4.69) is 20.1 Å². The number of carboxylic acids is 1. The third-order valence-electron chi connectivity index (χ3n) is 5.45. The molecule has 2 aromatic carbocycles. The highest BCUT2D eigenvalue weighted by molar-refractivity contribution is 5.96. The fourth-order valence-corrected chi connectivity index (χ4v) is 3.79. The van der Waals surface area contributed by atoms with E-state index >= 15 is 0 Å². The van der Waals surface area contributed by atoms with Crippen molar-refractivity contribution in [3.05, 3.63) is 71.5 Å². The topological polar surface area (TPSA) is 130 Å². The Labute approximate surface area is 208 Å². The number of nitrogens with one attached hydrogen (secondary N) is 1. The summed E-state index contributed by atoms with van der Waals surface area (Å²) in [5.41, 5.74) is 1.68. The number of hydrogen-bond acceptors (Lipinski definition) is 7. The number of pyridine rings is 1. The van der Waals surface area contributed by atoms with E-state index in [1.807, 2.05) is 6.92 Å². The molecular formula is C25H21F3N4O5. The van der Waals surface area contributed by atoms with Gasteiger partial charge in [0.1, 0.15) is 11.6 Å². The fourth-order valence-electron chi connectivity index (χ4n) is 3.79. The number of benzene rings is 2. The summed E-state index contributed by atoms with van der Waals surface area (Å²) in [5, 5.41) is 37.3. The van der Waals surface area contributed by atoms with Gasteiger partial charge in [0.05, 0.1) is 16.9 Å². The number of carbonyl (C=O) groups is 1. The van der Waals surface area contributed by atoms with Crippen molar-refractivity contribution in [2.24, 2.45) is 0 Å². The summed E-state index contributed by atoms with van der Waals surface area (Å²) in [5.74, 6) is -2.24. The lowest BCUT2D eigenvalue weighted by molar-refractivity contribution is -0.274. The van der Waals surface area contributed by atoms with Gasteiger partial charge in [0.25, 0.3) is 0 Å². The van der Waals surface area contributed by atoms with Crippen LogP contribution in [-0.2, 0) is 6.42 Å². The molecule has 9 nitrogen and oxygen atoms in total. The smallest absolute Gasteiger partial charge is 0.504 e. The molecule has 4 rings (SSSR count). The van der Waals surface area contributed by atoms with E-state index in [9.17, 15) is 33.3 Å². The summed E-state index contributed by atoms with van der Waals surface area (Å²) in [6.45, 7) is 3.65. The van der Waals surface area contributed by atoms with Crippen molar-refractivity contribution in [3.63, 3.8) is 0 Å². The van der Waals surface area contributed by atoms with Gasteiger partial charge in [0.15, 0.2) is 17.3 Å². The minimum absolute atomic E-state index is 0.0383. The van der Waals surface area contributed by atoms with Crippen molar-refractivity contribution in [3.8, 4) is 34.2 Å². The molecule has 0 saturated carbocycles. The number of phenolic OH excluding ortho intramolecular Hbond substituents is 2. The maximum Gasteiger partial charge on any atom is 0.573 e. The van der Waals surface area contributed by atoms with E-state index in [-0.39, 0.29) is 23.0 Å². The van der Waals surface area contributed by atoms with Gasteiger partial charge in [-0.2, -0.15) is 9.78 Å². The number of hydrogen-bond donors (Lipinski definition) is 4. The Morgan fingerprint density at radius 1 is 1.11 bits per heavy atom. The molecule has 0 radical (unpaired) electrons. The van der Waals surface area contributed by atoms with Gasteiger partial charge in [-0.05, 0) is 60.9 Å². The van der Waals surface area contributed by atoms with Gasteiger partial charge in [0, 0.05) is 11.8 Å². The van der Waals surface area contributed by atoms with Crippen LogP contribution in [0.1, 0.15) is 28.5 Å². The number of nitrogens with zero attached hydrogens (tertiary/aromatic N) is 3. The molecule has 0 aliphatic carbocycles. The zero-order chi connectivity index (χ0) is 26.9. The monoisotopic (exact) mass is 514 g/mol. The number of aromatic carboxylic acids is 1. The highest BCUT2D eigenvalue weighted by atomic mass is 19.4. The minimum Gasteiger partial charge on any atom is -0.504 e. The van der Waals surface area contributed by atoms with E-state index in [0.29, 0.717) is 29.1 Å². The van der Waals surface area contributed by atoms with Crippen LogP contribution < -0.4 is 10.1 Å². The number of carboxylic acid groups (broad SMARTS) is 1. The predicted octanol–water partition coefficient (Wildman–Crippen LogP) is 5.56. The third kappa shape index (κ3) is 5.27. The summed E-state index contributed by atoms with van der Waals surface area (Å²) in [7, 11) is 0. The first kappa shape index (κ1) is 25.4. The molecule has 0 unspecified atom stereocenters. The molecule has 2 heterocycles. The number of rotatable bonds is 7. The zero-order valence-electron chi connectivity index (χ0n) is 19.5. The van der Waals surface area contributed by atoms with Crippen molar-refractivity contribution in [2.45, 2.75) is 26.6 Å². The van der Waals surface area contributed by atoms with Gasteiger partial charge in [-0.25, -0.2) is 9.78 Å². The average molecular weight is 514 g/mol. The Kier molecular flexibility index (Phi) is 6.66. The molecule has 0 spiro atoms. The van der Waals surface area contributed by atoms with E-state index < -0.39 is 23.6 Å². The van der Waals surface area contributed by atoms with Crippen LogP contribution in [0, 0.1) is 6.92 Å². The molecule has 0 saturated heterocycles. The van der Waals surface area contributed by atoms with Crippen LogP contribution in [0.25, 0.3) is 16.9 Å². The highest BCUT2D eigenvalue weighted by Gasteiger charge is 2.32. The van der Waals surface area contributed by atoms with Gasteiger partial charge in [-0.15, -0.1) is 13.2 Å². The molecule has 0 fully saturated rings. The number of aromatic hydroxyl groups is 2.